The Bertz CT molecular complexity index is 2570. The van der Waals surface area contributed by atoms with Crippen LogP contribution in [0, 0.1) is 7.14 Å². The van der Waals surface area contributed by atoms with E-state index >= 15 is 0 Å². The van der Waals surface area contributed by atoms with Crippen molar-refractivity contribution in [1.29, 1.82) is 0 Å². The maximum Gasteiger partial charge on any atom is 0.326 e. The summed E-state index contributed by atoms with van der Waals surface area (Å²) >= 11 is 4.07. The van der Waals surface area contributed by atoms with Crippen molar-refractivity contribution in [2.45, 2.75) is 125 Å². The largest absolute Gasteiger partial charge is 0.480 e. The third kappa shape index (κ3) is 18.5. The number of guanidine groups is 2. The third-order valence-electron chi connectivity index (χ3n) is 13.7. The van der Waals surface area contributed by atoms with Crippen molar-refractivity contribution in [3.63, 3.8) is 0 Å². The lowest BCUT2D eigenvalue weighted by Crippen LogP contribution is -2.60. The fourth-order valence-corrected chi connectivity index (χ4v) is 11.6. The molecule has 0 radical (unpaired) electrons. The smallest absolute Gasteiger partial charge is 0.326 e. The number of aliphatic imine (C=N–C) groups is 2. The van der Waals surface area contributed by atoms with Crippen LogP contribution in [-0.4, -0.2) is 184 Å². The Morgan fingerprint density at radius 1 is 0.633 bits per heavy atom. The number of carbonyl (C=O) groups is 9. The summed E-state index contributed by atoms with van der Waals surface area (Å²) in [5, 5.41) is 33.5. The highest BCUT2D eigenvalue weighted by molar-refractivity contribution is 14.1. The minimum Gasteiger partial charge on any atom is -0.480 e. The molecule has 2 aromatic rings. The van der Waals surface area contributed by atoms with Crippen molar-refractivity contribution in [1.82, 2.24) is 41.3 Å². The first kappa shape index (κ1) is 63.2. The Labute approximate surface area is 484 Å². The second-order valence-electron chi connectivity index (χ2n) is 19.5. The van der Waals surface area contributed by atoms with Gasteiger partial charge in [0.2, 0.25) is 47.3 Å². The number of nitrogens with zero attached hydrogens (tertiary/aromatic N) is 5. The molecule has 0 unspecified atom stereocenters. The number of carboxylic acid groups (broad SMARTS) is 1. The lowest BCUT2D eigenvalue weighted by molar-refractivity contribution is -0.147. The normalized spacial score (nSPS) is 18.7. The molecule has 2 aromatic carbocycles. The van der Waals surface area contributed by atoms with E-state index in [2.05, 4.69) is 36.6 Å². The van der Waals surface area contributed by atoms with Gasteiger partial charge in [0.05, 0.1) is 24.9 Å². The number of benzene rings is 2. The van der Waals surface area contributed by atoms with Gasteiger partial charge in [-0.2, -0.15) is 0 Å². The van der Waals surface area contributed by atoms with Crippen LogP contribution in [-0.2, 0) is 56.0 Å². The van der Waals surface area contributed by atoms with Crippen LogP contribution in [0.1, 0.15) is 75.3 Å². The maximum atomic E-state index is 14.2. The molecular formula is C50H72I2N16O11. The van der Waals surface area contributed by atoms with E-state index in [-0.39, 0.29) is 70.2 Å². The summed E-state index contributed by atoms with van der Waals surface area (Å²) in [6.45, 7) is -0.508. The van der Waals surface area contributed by atoms with E-state index < -0.39 is 115 Å². The second kappa shape index (κ2) is 30.7. The number of hydrogen-bond donors (Lipinski definition) is 13. The molecule has 432 valence electrons. The minimum absolute atomic E-state index is 0.0350. The number of halogens is 2. The molecule has 0 aromatic heterocycles. The summed E-state index contributed by atoms with van der Waals surface area (Å²) in [4.78, 5) is 135. The van der Waals surface area contributed by atoms with Crippen molar-refractivity contribution in [3.8, 4) is 0 Å². The van der Waals surface area contributed by atoms with Gasteiger partial charge in [0, 0.05) is 52.7 Å². The first-order valence-corrected chi connectivity index (χ1v) is 28.1. The second-order valence-corrected chi connectivity index (χ2v) is 21.8. The number of aliphatic carboxylic acids is 1. The Morgan fingerprint density at radius 2 is 1.14 bits per heavy atom. The van der Waals surface area contributed by atoms with Crippen LogP contribution in [0.2, 0.25) is 0 Å². The van der Waals surface area contributed by atoms with E-state index in [4.69, 9.17) is 34.4 Å². The van der Waals surface area contributed by atoms with Crippen LogP contribution in [0.5, 0.6) is 0 Å². The molecule has 3 heterocycles. The lowest BCUT2D eigenvalue weighted by Gasteiger charge is -2.32. The van der Waals surface area contributed by atoms with Crippen LogP contribution < -0.4 is 61.0 Å². The van der Waals surface area contributed by atoms with E-state index in [0.717, 1.165) is 0 Å². The standard InChI is InChI=1S/C50H72I2N16O11/c51-29-21-28(22-30(52)40(29)54)24-34(42(72)63-32(48(78)79)12-5-17-60-50(57)58)64-44(74)37-14-7-18-66(37)46(76)35(26-69)65-41(71)33(23-27-9-2-1-3-10-27)62-39(70)25-61-43(73)36-13-6-19-67(36)47(77)38-15-8-20-68(38)45(75)31(53)11-4-16-59-49(55)56/h1-3,9-10,21-22,31-38,69H,4-8,11-20,23-26,53-54H2,(H,61,73)(H,62,70)(H,63,72)(H,64,74)(H,65,71)(H,78,79)(H4,55,56,59)(H4,57,58,60)/t31-,32-,33-,34-,35-,36-,37-,38-/m0/s1. The zero-order valence-corrected chi connectivity index (χ0v) is 47.9. The summed E-state index contributed by atoms with van der Waals surface area (Å²) in [5.41, 5.74) is 35.6. The summed E-state index contributed by atoms with van der Waals surface area (Å²) in [5.74, 6) is -7.05. The number of carboxylic acids is 1. The quantitative estimate of drug-likeness (QED) is 0.0138. The molecule has 5 rings (SSSR count). The van der Waals surface area contributed by atoms with Gasteiger partial charge in [-0.25, -0.2) is 4.79 Å². The Balaban J connectivity index is 1.23. The number of likely N-dealkylation sites (tertiary alicyclic amines) is 3. The van der Waals surface area contributed by atoms with E-state index in [1.807, 2.05) is 45.2 Å². The molecular weight excluding hydrogens is 1250 g/mol. The van der Waals surface area contributed by atoms with Gasteiger partial charge in [-0.1, -0.05) is 30.3 Å². The Hall–Kier alpha value is -6.61. The van der Waals surface area contributed by atoms with E-state index in [1.54, 1.807) is 42.5 Å². The molecule has 3 aliphatic rings. The predicted molar refractivity (Wildman–Crippen MR) is 308 cm³/mol. The molecule has 3 saturated heterocycles. The Morgan fingerprint density at radius 3 is 1.71 bits per heavy atom. The molecule has 0 saturated carbocycles. The highest BCUT2D eigenvalue weighted by Gasteiger charge is 2.44. The molecule has 79 heavy (non-hydrogen) atoms. The third-order valence-corrected chi connectivity index (χ3v) is 15.5. The fourth-order valence-electron chi connectivity index (χ4n) is 9.69. The summed E-state index contributed by atoms with van der Waals surface area (Å²) < 4.78 is 1.35. The number of rotatable bonds is 27. The molecule has 8 amide bonds. The number of carbonyl (C=O) groups excluding carboxylic acids is 8. The van der Waals surface area contributed by atoms with E-state index in [0.29, 0.717) is 75.4 Å². The van der Waals surface area contributed by atoms with Crippen LogP contribution in [0.25, 0.3) is 0 Å². The number of nitrogen functional groups attached to an aromatic ring is 1. The number of anilines is 1. The zero-order chi connectivity index (χ0) is 57.9. The number of nitrogens with one attached hydrogen (secondary N) is 5. The average molecular weight is 1330 g/mol. The van der Waals surface area contributed by atoms with Gasteiger partial charge in [-0.3, -0.25) is 48.3 Å². The van der Waals surface area contributed by atoms with Crippen molar-refractivity contribution in [2.75, 3.05) is 51.6 Å². The van der Waals surface area contributed by atoms with Gasteiger partial charge in [0.15, 0.2) is 11.9 Å². The predicted octanol–water partition coefficient (Wildman–Crippen LogP) is -3.20. The molecule has 29 heteroatoms. The van der Waals surface area contributed by atoms with Gasteiger partial charge in [0.1, 0.15) is 42.3 Å². The molecule has 3 aliphatic heterocycles. The van der Waals surface area contributed by atoms with Gasteiger partial charge in [-0.15, -0.1) is 0 Å². The highest BCUT2D eigenvalue weighted by atomic mass is 127. The minimum atomic E-state index is -1.60. The first-order valence-electron chi connectivity index (χ1n) is 26.0. The van der Waals surface area contributed by atoms with Gasteiger partial charge >= 0.3 is 5.97 Å². The number of aliphatic hydroxyl groups is 1. The van der Waals surface area contributed by atoms with Crippen LogP contribution in [0.4, 0.5) is 5.69 Å². The molecule has 19 N–H and O–H groups in total. The van der Waals surface area contributed by atoms with E-state index in [9.17, 15) is 53.4 Å². The molecule has 0 bridgehead atoms. The SMILES string of the molecule is NC(N)=NCCC[C@H](NC(=O)[C@H](Cc1cc(I)c(N)c(I)c1)NC(=O)[C@@H]1CCCN1C(=O)[C@H](CO)NC(=O)[C@H](Cc1ccccc1)NC(=O)CNC(=O)[C@@H]1CCCN1C(=O)[C@@H]1CCCN1C(=O)[C@@H](N)CCCN=C(N)N)C(=O)O. The molecule has 8 atom stereocenters. The van der Waals surface area contributed by atoms with Crippen molar-refractivity contribution >= 4 is 116 Å². The molecule has 0 aliphatic carbocycles. The lowest BCUT2D eigenvalue weighted by atomic mass is 10.0. The van der Waals surface area contributed by atoms with Gasteiger partial charge in [0.25, 0.3) is 0 Å². The van der Waals surface area contributed by atoms with Crippen LogP contribution >= 0.6 is 45.2 Å². The van der Waals surface area contributed by atoms with Crippen molar-refractivity contribution < 1.29 is 53.4 Å². The van der Waals surface area contributed by atoms with Gasteiger partial charge < -0.3 is 85.9 Å². The van der Waals surface area contributed by atoms with Crippen LogP contribution in [0.15, 0.2) is 52.4 Å². The monoisotopic (exact) mass is 1330 g/mol. The topological polar surface area (TPSA) is 445 Å². The maximum absolute atomic E-state index is 14.2. The summed E-state index contributed by atoms with van der Waals surface area (Å²) in [6, 6.07) is 2.58. The highest BCUT2D eigenvalue weighted by Crippen LogP contribution is 2.27. The number of hydrogen-bond acceptors (Lipinski definition) is 14. The van der Waals surface area contributed by atoms with Crippen LogP contribution in [0.3, 0.4) is 0 Å². The molecule has 0 spiro atoms. The fraction of sp³-hybridized carbons (Fsp3) is 0.540. The Kier molecular flexibility index (Phi) is 24.5. The van der Waals surface area contributed by atoms with Gasteiger partial charge in [-0.05, 0) is 133 Å². The zero-order valence-electron chi connectivity index (χ0n) is 43.6. The summed E-state index contributed by atoms with van der Waals surface area (Å²) in [6.07, 6.45) is 2.95. The number of nitrogens with two attached hydrogens (primary N) is 6. The van der Waals surface area contributed by atoms with Crippen molar-refractivity contribution in [2.24, 2.45) is 38.7 Å². The summed E-state index contributed by atoms with van der Waals surface area (Å²) in [7, 11) is 0. The van der Waals surface area contributed by atoms with E-state index in [1.165, 1.54) is 14.7 Å². The number of amides is 8. The average Bonchev–Trinajstić information content (AvgIpc) is 4.31. The molecule has 27 nitrogen and oxygen atoms in total. The number of aliphatic hydroxyl groups excluding tert-OH is 1. The first-order chi connectivity index (χ1) is 37.6. The van der Waals surface area contributed by atoms with Crippen molar-refractivity contribution in [3.05, 3.63) is 60.7 Å². The molecule has 3 fully saturated rings.